The number of hydrogen-bond donors (Lipinski definition) is 1. The van der Waals surface area contributed by atoms with Gasteiger partial charge in [-0.15, -0.1) is 12.3 Å². The second kappa shape index (κ2) is 6.97. The van der Waals surface area contributed by atoms with Gasteiger partial charge in [0.05, 0.1) is 11.6 Å². The molecular weight excluding hydrogens is 282 g/mol. The van der Waals surface area contributed by atoms with E-state index in [0.29, 0.717) is 24.3 Å². The number of amides is 1. The summed E-state index contributed by atoms with van der Waals surface area (Å²) in [4.78, 5) is 11.7. The van der Waals surface area contributed by atoms with Crippen molar-refractivity contribution in [3.63, 3.8) is 0 Å². The fourth-order valence-electron chi connectivity index (χ4n) is 1.30. The zero-order valence-electron chi connectivity index (χ0n) is 9.63. The Morgan fingerprint density at radius 2 is 2.35 bits per heavy atom. The maximum absolute atomic E-state index is 11.7. The van der Waals surface area contributed by atoms with Crippen LogP contribution in [0.4, 0.5) is 0 Å². The Morgan fingerprint density at radius 1 is 1.59 bits per heavy atom. The number of rotatable bonds is 5. The summed E-state index contributed by atoms with van der Waals surface area (Å²) in [6, 6.07) is 5.20. The van der Waals surface area contributed by atoms with Gasteiger partial charge in [-0.2, -0.15) is 0 Å². The van der Waals surface area contributed by atoms with Gasteiger partial charge in [0.1, 0.15) is 5.75 Å². The van der Waals surface area contributed by atoms with Crippen molar-refractivity contribution in [1.29, 1.82) is 0 Å². The summed E-state index contributed by atoms with van der Waals surface area (Å²) in [7, 11) is 1.58. The molecule has 1 aromatic rings. The molecule has 1 aromatic carbocycles. The first-order valence-corrected chi connectivity index (χ1v) is 6.03. The molecule has 0 fully saturated rings. The largest absolute Gasteiger partial charge is 0.496 e. The third-order valence-electron chi connectivity index (χ3n) is 2.20. The molecular formula is C13H14BrNO2. The smallest absolute Gasteiger partial charge is 0.251 e. The summed E-state index contributed by atoms with van der Waals surface area (Å²) in [5.41, 5.74) is 0.596. The van der Waals surface area contributed by atoms with E-state index in [-0.39, 0.29) is 5.91 Å². The molecule has 1 N–H and O–H groups in total. The van der Waals surface area contributed by atoms with Gasteiger partial charge in [0.2, 0.25) is 0 Å². The van der Waals surface area contributed by atoms with Crippen molar-refractivity contribution < 1.29 is 9.53 Å². The maximum Gasteiger partial charge on any atom is 0.251 e. The number of ether oxygens (including phenoxy) is 1. The molecule has 17 heavy (non-hydrogen) atoms. The molecule has 0 saturated carbocycles. The van der Waals surface area contributed by atoms with Gasteiger partial charge in [0, 0.05) is 18.5 Å². The van der Waals surface area contributed by atoms with E-state index in [2.05, 4.69) is 27.2 Å². The van der Waals surface area contributed by atoms with E-state index in [4.69, 9.17) is 11.2 Å². The van der Waals surface area contributed by atoms with Crippen LogP contribution in [0.1, 0.15) is 23.2 Å². The van der Waals surface area contributed by atoms with Crippen LogP contribution in [-0.2, 0) is 0 Å². The van der Waals surface area contributed by atoms with Gasteiger partial charge in [0.25, 0.3) is 5.91 Å². The van der Waals surface area contributed by atoms with Crippen LogP contribution in [0.2, 0.25) is 0 Å². The third-order valence-corrected chi connectivity index (χ3v) is 2.82. The maximum atomic E-state index is 11.7. The van der Waals surface area contributed by atoms with E-state index in [1.165, 1.54) is 0 Å². The van der Waals surface area contributed by atoms with Crippen molar-refractivity contribution in [3.05, 3.63) is 28.2 Å². The molecule has 1 rings (SSSR count). The van der Waals surface area contributed by atoms with Crippen molar-refractivity contribution in [2.45, 2.75) is 12.8 Å². The second-order valence-corrected chi connectivity index (χ2v) is 4.27. The number of halogens is 1. The van der Waals surface area contributed by atoms with Crippen LogP contribution in [0, 0.1) is 12.3 Å². The Kier molecular flexibility index (Phi) is 5.58. The van der Waals surface area contributed by atoms with Gasteiger partial charge in [-0.3, -0.25) is 4.79 Å². The van der Waals surface area contributed by atoms with Gasteiger partial charge in [-0.05, 0) is 40.5 Å². The summed E-state index contributed by atoms with van der Waals surface area (Å²) in [6.45, 7) is 0.590. The van der Waals surface area contributed by atoms with E-state index in [1.54, 1.807) is 25.3 Å². The number of benzene rings is 1. The number of carbonyl (C=O) groups is 1. The molecule has 0 aromatic heterocycles. The summed E-state index contributed by atoms with van der Waals surface area (Å²) in [5, 5.41) is 2.80. The normalized spacial score (nSPS) is 9.47. The molecule has 0 atom stereocenters. The predicted octanol–water partition coefficient (Wildman–Crippen LogP) is 2.60. The van der Waals surface area contributed by atoms with E-state index < -0.39 is 0 Å². The molecule has 0 saturated heterocycles. The predicted molar refractivity (Wildman–Crippen MR) is 71.1 cm³/mol. The first-order chi connectivity index (χ1) is 8.19. The van der Waals surface area contributed by atoms with E-state index in [9.17, 15) is 4.79 Å². The monoisotopic (exact) mass is 295 g/mol. The fraction of sp³-hybridized carbons (Fsp3) is 0.308. The van der Waals surface area contributed by atoms with Crippen LogP contribution in [-0.4, -0.2) is 19.6 Å². The molecule has 0 heterocycles. The van der Waals surface area contributed by atoms with Gasteiger partial charge < -0.3 is 10.1 Å². The minimum absolute atomic E-state index is 0.106. The molecule has 0 unspecified atom stereocenters. The Labute approximate surface area is 110 Å². The second-order valence-electron chi connectivity index (χ2n) is 3.41. The van der Waals surface area contributed by atoms with Crippen LogP contribution in [0.5, 0.6) is 5.75 Å². The first kappa shape index (κ1) is 13.6. The molecule has 0 spiro atoms. The average molecular weight is 296 g/mol. The summed E-state index contributed by atoms with van der Waals surface area (Å²) >= 11 is 3.34. The van der Waals surface area contributed by atoms with E-state index in [1.807, 2.05) is 0 Å². The fourth-order valence-corrected chi connectivity index (χ4v) is 1.84. The van der Waals surface area contributed by atoms with Crippen LogP contribution >= 0.6 is 15.9 Å². The van der Waals surface area contributed by atoms with Crippen LogP contribution in [0.25, 0.3) is 0 Å². The topological polar surface area (TPSA) is 38.3 Å². The summed E-state index contributed by atoms with van der Waals surface area (Å²) < 4.78 is 5.85. The van der Waals surface area contributed by atoms with Crippen LogP contribution in [0.15, 0.2) is 22.7 Å². The summed E-state index contributed by atoms with van der Waals surface area (Å²) in [6.07, 6.45) is 6.59. The van der Waals surface area contributed by atoms with Gasteiger partial charge in [0.15, 0.2) is 0 Å². The molecule has 0 bridgehead atoms. The lowest BCUT2D eigenvalue weighted by molar-refractivity contribution is 0.0953. The number of nitrogens with one attached hydrogen (secondary N) is 1. The average Bonchev–Trinajstić information content (AvgIpc) is 2.34. The molecule has 4 heteroatoms. The van der Waals surface area contributed by atoms with Crippen molar-refractivity contribution in [3.8, 4) is 18.1 Å². The van der Waals surface area contributed by atoms with E-state index in [0.717, 1.165) is 10.9 Å². The molecule has 90 valence electrons. The lowest BCUT2D eigenvalue weighted by Crippen LogP contribution is -2.24. The lowest BCUT2D eigenvalue weighted by Gasteiger charge is -2.07. The van der Waals surface area contributed by atoms with E-state index >= 15 is 0 Å². The number of unbranched alkanes of at least 4 members (excludes halogenated alkanes) is 1. The van der Waals surface area contributed by atoms with Crippen LogP contribution < -0.4 is 10.1 Å². The lowest BCUT2D eigenvalue weighted by atomic mass is 10.2. The Bertz CT molecular complexity index is 438. The van der Waals surface area contributed by atoms with Gasteiger partial charge >= 0.3 is 0 Å². The summed E-state index contributed by atoms with van der Waals surface area (Å²) in [5.74, 6) is 3.13. The van der Waals surface area contributed by atoms with Crippen molar-refractivity contribution in [1.82, 2.24) is 5.32 Å². The van der Waals surface area contributed by atoms with Crippen LogP contribution in [0.3, 0.4) is 0 Å². The number of hydrogen-bond acceptors (Lipinski definition) is 2. The zero-order valence-corrected chi connectivity index (χ0v) is 11.2. The highest BCUT2D eigenvalue weighted by molar-refractivity contribution is 9.10. The van der Waals surface area contributed by atoms with Crippen molar-refractivity contribution in [2.75, 3.05) is 13.7 Å². The quantitative estimate of drug-likeness (QED) is 0.670. The SMILES string of the molecule is C#CCCCNC(=O)c1ccc(OC)c(Br)c1. The Morgan fingerprint density at radius 3 is 2.94 bits per heavy atom. The third kappa shape index (κ3) is 4.12. The molecule has 1 amide bonds. The molecule has 0 aliphatic heterocycles. The Hall–Kier alpha value is -1.47. The Balaban J connectivity index is 2.58. The number of terminal acetylenes is 1. The highest BCUT2D eigenvalue weighted by Gasteiger charge is 2.07. The van der Waals surface area contributed by atoms with Gasteiger partial charge in [-0.25, -0.2) is 0 Å². The standard InChI is InChI=1S/C13H14BrNO2/c1-3-4-5-8-15-13(16)10-6-7-12(17-2)11(14)9-10/h1,6-7,9H,4-5,8H2,2H3,(H,15,16). The molecule has 0 aliphatic carbocycles. The van der Waals surface area contributed by atoms with Crippen molar-refractivity contribution in [2.24, 2.45) is 0 Å². The number of carbonyl (C=O) groups excluding carboxylic acids is 1. The molecule has 3 nitrogen and oxygen atoms in total. The number of methoxy groups -OCH3 is 1. The van der Waals surface area contributed by atoms with Crippen molar-refractivity contribution >= 4 is 21.8 Å². The zero-order chi connectivity index (χ0) is 12.7. The highest BCUT2D eigenvalue weighted by Crippen LogP contribution is 2.25. The molecule has 0 aliphatic rings. The minimum Gasteiger partial charge on any atom is -0.496 e. The minimum atomic E-state index is -0.106. The highest BCUT2D eigenvalue weighted by atomic mass is 79.9. The van der Waals surface area contributed by atoms with Gasteiger partial charge in [-0.1, -0.05) is 0 Å². The first-order valence-electron chi connectivity index (χ1n) is 5.24. The molecule has 0 radical (unpaired) electrons.